The maximum atomic E-state index is 12.6. The van der Waals surface area contributed by atoms with Gasteiger partial charge in [-0.2, -0.15) is 0 Å². The fraction of sp³-hybridized carbons (Fsp3) is 0.824. The van der Waals surface area contributed by atoms with E-state index in [2.05, 4.69) is 39.2 Å². The maximum Gasteiger partial charge on any atom is 0.416 e. The van der Waals surface area contributed by atoms with Crippen molar-refractivity contribution in [3.8, 4) is 0 Å². The lowest BCUT2D eigenvalue weighted by atomic mass is 9.78. The quantitative estimate of drug-likeness (QED) is 0.592. The summed E-state index contributed by atoms with van der Waals surface area (Å²) in [5.74, 6) is -1.29. The Bertz CT molecular complexity index is 572. The van der Waals surface area contributed by atoms with E-state index in [1.165, 1.54) is 0 Å². The summed E-state index contributed by atoms with van der Waals surface area (Å²) in [7, 11) is -2.02. The Morgan fingerprint density at radius 3 is 2.36 bits per heavy atom. The molecule has 2 aliphatic rings. The van der Waals surface area contributed by atoms with Gasteiger partial charge in [0, 0.05) is 0 Å². The zero-order chi connectivity index (χ0) is 19.2. The SMILES string of the molecule is C[C@@H](O[Si](C)(C)C(C)(C)C)[C@H]1C(=O)N[C@@H]1[C@@H](C)C(=O)N1CCOC1=O. The first kappa shape index (κ1) is 19.9. The van der Waals surface area contributed by atoms with Crippen LogP contribution in [0.2, 0.25) is 18.1 Å². The van der Waals surface area contributed by atoms with Crippen LogP contribution in [-0.4, -0.2) is 56.4 Å². The molecule has 4 atom stereocenters. The lowest BCUT2D eigenvalue weighted by Crippen LogP contribution is -2.67. The van der Waals surface area contributed by atoms with Gasteiger partial charge in [-0.25, -0.2) is 9.69 Å². The van der Waals surface area contributed by atoms with Gasteiger partial charge in [0.2, 0.25) is 11.8 Å². The van der Waals surface area contributed by atoms with Crippen LogP contribution in [-0.2, 0) is 18.8 Å². The van der Waals surface area contributed by atoms with E-state index in [4.69, 9.17) is 9.16 Å². The van der Waals surface area contributed by atoms with E-state index in [0.29, 0.717) is 0 Å². The summed E-state index contributed by atoms with van der Waals surface area (Å²) in [5, 5.41) is 2.85. The van der Waals surface area contributed by atoms with Crippen molar-refractivity contribution in [3.63, 3.8) is 0 Å². The zero-order valence-electron chi connectivity index (χ0n) is 16.2. The first-order chi connectivity index (χ1) is 11.4. The molecule has 0 unspecified atom stereocenters. The van der Waals surface area contributed by atoms with Crippen molar-refractivity contribution < 1.29 is 23.5 Å². The summed E-state index contributed by atoms with van der Waals surface area (Å²) in [6, 6.07) is -0.326. The summed E-state index contributed by atoms with van der Waals surface area (Å²) in [4.78, 5) is 37.4. The molecule has 2 fully saturated rings. The molecule has 0 aromatic carbocycles. The molecule has 3 amide bonds. The molecule has 0 spiro atoms. The number of rotatable bonds is 5. The predicted molar refractivity (Wildman–Crippen MR) is 95.4 cm³/mol. The van der Waals surface area contributed by atoms with Crippen LogP contribution in [0.15, 0.2) is 0 Å². The molecule has 142 valence electrons. The number of carbonyl (C=O) groups is 3. The van der Waals surface area contributed by atoms with Crippen LogP contribution in [0.5, 0.6) is 0 Å². The van der Waals surface area contributed by atoms with Crippen molar-refractivity contribution in [2.24, 2.45) is 11.8 Å². The normalized spacial score (nSPS) is 26.6. The van der Waals surface area contributed by atoms with Crippen LogP contribution >= 0.6 is 0 Å². The number of β-lactam (4-membered cyclic amide) rings is 1. The fourth-order valence-corrected chi connectivity index (χ4v) is 4.50. The van der Waals surface area contributed by atoms with Gasteiger partial charge in [0.15, 0.2) is 8.32 Å². The number of hydrogen-bond donors (Lipinski definition) is 1. The minimum absolute atomic E-state index is 0.0394. The predicted octanol–water partition coefficient (Wildman–Crippen LogP) is 2.13. The molecule has 0 bridgehead atoms. The van der Waals surface area contributed by atoms with Gasteiger partial charge >= 0.3 is 6.09 Å². The highest BCUT2D eigenvalue weighted by Crippen LogP contribution is 2.39. The molecule has 0 aromatic heterocycles. The van der Waals surface area contributed by atoms with Crippen molar-refractivity contribution in [1.82, 2.24) is 10.2 Å². The molecule has 2 heterocycles. The van der Waals surface area contributed by atoms with E-state index in [1.807, 2.05) is 6.92 Å². The van der Waals surface area contributed by atoms with Gasteiger partial charge in [-0.05, 0) is 25.1 Å². The Morgan fingerprint density at radius 2 is 1.92 bits per heavy atom. The van der Waals surface area contributed by atoms with Gasteiger partial charge in [-0.15, -0.1) is 0 Å². The van der Waals surface area contributed by atoms with Gasteiger partial charge in [0.25, 0.3) is 0 Å². The number of imide groups is 1. The number of carbonyl (C=O) groups excluding carboxylic acids is 3. The third kappa shape index (κ3) is 3.74. The Hall–Kier alpha value is -1.41. The average molecular weight is 371 g/mol. The molecule has 2 rings (SSSR count). The van der Waals surface area contributed by atoms with Crippen LogP contribution in [0.3, 0.4) is 0 Å². The average Bonchev–Trinajstić information content (AvgIpc) is 2.87. The minimum atomic E-state index is -2.02. The summed E-state index contributed by atoms with van der Waals surface area (Å²) in [6.45, 7) is 14.9. The first-order valence-electron chi connectivity index (χ1n) is 8.83. The van der Waals surface area contributed by atoms with Crippen molar-refractivity contribution in [2.75, 3.05) is 13.2 Å². The standard InChI is InChI=1S/C17H30N2O5Si/c1-10(15(21)19-8-9-23-16(19)22)13-12(14(20)18-13)11(2)24-25(6,7)17(3,4)5/h10-13H,8-9H2,1-7H3,(H,18,20)/t10-,11-,12-,13-/m1/s1. The molecule has 0 aliphatic carbocycles. The Labute approximate surface area is 150 Å². The lowest BCUT2D eigenvalue weighted by Gasteiger charge is -2.47. The smallest absolute Gasteiger partial charge is 0.416 e. The van der Waals surface area contributed by atoms with E-state index in [0.717, 1.165) is 4.90 Å². The molecule has 0 saturated carbocycles. The number of ether oxygens (including phenoxy) is 1. The van der Waals surface area contributed by atoms with E-state index in [9.17, 15) is 14.4 Å². The second kappa shape index (κ2) is 6.72. The van der Waals surface area contributed by atoms with Crippen LogP contribution in [0.25, 0.3) is 0 Å². The molecular formula is C17H30N2O5Si. The summed E-state index contributed by atoms with van der Waals surface area (Å²) in [5.41, 5.74) is 0. The van der Waals surface area contributed by atoms with Gasteiger partial charge in [0.05, 0.1) is 30.5 Å². The highest BCUT2D eigenvalue weighted by Gasteiger charge is 2.51. The third-order valence-electron chi connectivity index (χ3n) is 5.75. The second-order valence-electron chi connectivity index (χ2n) is 8.54. The molecule has 0 radical (unpaired) electrons. The molecule has 1 N–H and O–H groups in total. The van der Waals surface area contributed by atoms with Crippen molar-refractivity contribution in [3.05, 3.63) is 0 Å². The van der Waals surface area contributed by atoms with Gasteiger partial charge in [-0.3, -0.25) is 9.59 Å². The lowest BCUT2D eigenvalue weighted by molar-refractivity contribution is -0.146. The van der Waals surface area contributed by atoms with Crippen molar-refractivity contribution in [1.29, 1.82) is 0 Å². The van der Waals surface area contributed by atoms with E-state index < -0.39 is 20.3 Å². The molecule has 0 aromatic rings. The number of cyclic esters (lactones) is 1. The van der Waals surface area contributed by atoms with Crippen LogP contribution in [0.4, 0.5) is 4.79 Å². The van der Waals surface area contributed by atoms with Gasteiger partial charge in [0.1, 0.15) is 6.61 Å². The Morgan fingerprint density at radius 1 is 1.32 bits per heavy atom. The molecule has 2 aliphatic heterocycles. The van der Waals surface area contributed by atoms with Crippen molar-refractivity contribution in [2.45, 2.75) is 64.9 Å². The zero-order valence-corrected chi connectivity index (χ0v) is 17.2. The molecule has 25 heavy (non-hydrogen) atoms. The summed E-state index contributed by atoms with van der Waals surface area (Å²) < 4.78 is 11.2. The number of nitrogens with one attached hydrogen (secondary N) is 1. The van der Waals surface area contributed by atoms with Crippen LogP contribution in [0, 0.1) is 11.8 Å². The monoisotopic (exact) mass is 370 g/mol. The molecule has 8 heteroatoms. The third-order valence-corrected chi connectivity index (χ3v) is 10.3. The van der Waals surface area contributed by atoms with Crippen molar-refractivity contribution >= 4 is 26.2 Å². The Kier molecular flexibility index (Phi) is 5.35. The topological polar surface area (TPSA) is 84.9 Å². The molecular weight excluding hydrogens is 340 g/mol. The summed E-state index contributed by atoms with van der Waals surface area (Å²) >= 11 is 0. The Balaban J connectivity index is 2.06. The van der Waals surface area contributed by atoms with Crippen LogP contribution in [0.1, 0.15) is 34.6 Å². The molecule has 2 saturated heterocycles. The number of hydrogen-bond acceptors (Lipinski definition) is 5. The highest BCUT2D eigenvalue weighted by molar-refractivity contribution is 6.74. The second-order valence-corrected chi connectivity index (χ2v) is 13.3. The molecule has 7 nitrogen and oxygen atoms in total. The van der Waals surface area contributed by atoms with Crippen LogP contribution < -0.4 is 5.32 Å². The minimum Gasteiger partial charge on any atom is -0.447 e. The fourth-order valence-electron chi connectivity index (χ4n) is 3.07. The summed E-state index contributed by atoms with van der Waals surface area (Å²) in [6.07, 6.45) is -0.884. The van der Waals surface area contributed by atoms with Gasteiger partial charge < -0.3 is 14.5 Å². The first-order valence-corrected chi connectivity index (χ1v) is 11.7. The van der Waals surface area contributed by atoms with Gasteiger partial charge in [-0.1, -0.05) is 27.7 Å². The number of nitrogens with zero attached hydrogens (tertiary/aromatic N) is 1. The van der Waals surface area contributed by atoms with E-state index in [-0.39, 0.29) is 48.1 Å². The maximum absolute atomic E-state index is 12.6. The highest BCUT2D eigenvalue weighted by atomic mass is 28.4. The largest absolute Gasteiger partial charge is 0.447 e. The van der Waals surface area contributed by atoms with E-state index >= 15 is 0 Å². The van der Waals surface area contributed by atoms with E-state index in [1.54, 1.807) is 6.92 Å². The number of amides is 3.